The van der Waals surface area contributed by atoms with Crippen LogP contribution in [0, 0.1) is 12.9 Å². The first-order valence-corrected chi connectivity index (χ1v) is 6.01. The predicted molar refractivity (Wildman–Crippen MR) is 73.6 cm³/mol. The van der Waals surface area contributed by atoms with Crippen molar-refractivity contribution in [3.05, 3.63) is 35.2 Å². The third-order valence-corrected chi connectivity index (χ3v) is 3.11. The van der Waals surface area contributed by atoms with E-state index in [0.29, 0.717) is 25.2 Å². The molecule has 0 saturated heterocycles. The van der Waals surface area contributed by atoms with Gasteiger partial charge in [0.1, 0.15) is 0 Å². The second kappa shape index (κ2) is 6.68. The second-order valence-electron chi connectivity index (χ2n) is 4.26. The molecule has 0 aromatic carbocycles. The molecule has 0 aliphatic rings. The van der Waals surface area contributed by atoms with Crippen LogP contribution in [0.2, 0.25) is 0 Å². The summed E-state index contributed by atoms with van der Waals surface area (Å²) in [5.41, 5.74) is 2.84. The summed E-state index contributed by atoms with van der Waals surface area (Å²) in [5, 5.41) is 11.3. The minimum absolute atomic E-state index is 0. The summed E-state index contributed by atoms with van der Waals surface area (Å²) in [6.45, 7) is 5.58. The van der Waals surface area contributed by atoms with Crippen LogP contribution in [0.3, 0.4) is 0 Å². The van der Waals surface area contributed by atoms with Crippen molar-refractivity contribution >= 4 is 12.4 Å². The first-order valence-electron chi connectivity index (χ1n) is 6.01. The lowest BCUT2D eigenvalue weighted by Crippen LogP contribution is -2.14. The quantitative estimate of drug-likeness (QED) is 0.912. The van der Waals surface area contributed by atoms with E-state index in [1.165, 1.54) is 4.68 Å². The Kier molecular flexibility index (Phi) is 5.50. The largest absolute Gasteiger partial charge is 0.308 e. The van der Waals surface area contributed by atoms with Crippen molar-refractivity contribution in [1.29, 1.82) is 0 Å². The number of nitrogens with one attached hydrogen (secondary N) is 1. The Morgan fingerprint density at radius 3 is 2.37 bits per heavy atom. The molecule has 0 amide bonds. The number of hydrogen-bond acceptors (Lipinski definition) is 3. The molecule has 0 aliphatic heterocycles. The van der Waals surface area contributed by atoms with Crippen LogP contribution in [0.4, 0.5) is 4.39 Å². The highest BCUT2D eigenvalue weighted by Gasteiger charge is 2.09. The van der Waals surface area contributed by atoms with Gasteiger partial charge in [0, 0.05) is 43.5 Å². The third-order valence-electron chi connectivity index (χ3n) is 3.11. The van der Waals surface area contributed by atoms with Gasteiger partial charge in [-0.25, -0.2) is 4.68 Å². The molecule has 2 aromatic heterocycles. The van der Waals surface area contributed by atoms with Crippen molar-refractivity contribution in [1.82, 2.24) is 24.9 Å². The zero-order valence-electron chi connectivity index (χ0n) is 11.4. The normalized spacial score (nSPS) is 10.5. The maximum absolute atomic E-state index is 13.7. The molecule has 2 aromatic rings. The highest BCUT2D eigenvalue weighted by molar-refractivity contribution is 5.85. The average Bonchev–Trinajstić information content (AvgIpc) is 2.87. The molecule has 0 saturated carbocycles. The van der Waals surface area contributed by atoms with E-state index >= 15 is 0 Å². The minimum Gasteiger partial charge on any atom is -0.308 e. The van der Waals surface area contributed by atoms with Crippen molar-refractivity contribution in [3.63, 3.8) is 0 Å². The number of hydrogen-bond donors (Lipinski definition) is 1. The number of rotatable bonds is 5. The molecule has 0 fully saturated rings. The van der Waals surface area contributed by atoms with Crippen molar-refractivity contribution in [3.8, 4) is 0 Å². The van der Waals surface area contributed by atoms with Gasteiger partial charge in [-0.05, 0) is 13.8 Å². The van der Waals surface area contributed by atoms with Gasteiger partial charge in [-0.3, -0.25) is 4.68 Å². The van der Waals surface area contributed by atoms with Crippen LogP contribution in [-0.2, 0) is 26.7 Å². The highest BCUT2D eigenvalue weighted by Crippen LogP contribution is 2.08. The maximum Gasteiger partial charge on any atom is 0.215 e. The minimum atomic E-state index is -0.257. The zero-order chi connectivity index (χ0) is 13.1. The SMILES string of the molecule is CCn1ncc(CNCc2cnn(C)c2C)c1F.Cl. The Morgan fingerprint density at radius 1 is 1.21 bits per heavy atom. The Bertz CT molecular complexity index is 534. The second-order valence-corrected chi connectivity index (χ2v) is 4.26. The summed E-state index contributed by atoms with van der Waals surface area (Å²) in [7, 11) is 1.91. The van der Waals surface area contributed by atoms with Crippen LogP contribution in [0.5, 0.6) is 0 Å². The summed E-state index contributed by atoms with van der Waals surface area (Å²) in [6, 6.07) is 0. The van der Waals surface area contributed by atoms with E-state index in [1.54, 1.807) is 6.20 Å². The van der Waals surface area contributed by atoms with Gasteiger partial charge in [-0.2, -0.15) is 14.6 Å². The van der Waals surface area contributed by atoms with Gasteiger partial charge < -0.3 is 5.32 Å². The molecule has 106 valence electrons. The topological polar surface area (TPSA) is 47.7 Å². The molecule has 7 heteroatoms. The maximum atomic E-state index is 13.7. The first kappa shape index (κ1) is 15.7. The summed E-state index contributed by atoms with van der Waals surface area (Å²) in [5.74, 6) is -0.257. The lowest BCUT2D eigenvalue weighted by atomic mass is 10.2. The fourth-order valence-corrected chi connectivity index (χ4v) is 1.80. The Morgan fingerprint density at radius 2 is 1.84 bits per heavy atom. The monoisotopic (exact) mass is 287 g/mol. The Labute approximate surface area is 118 Å². The fraction of sp³-hybridized carbons (Fsp3) is 0.500. The molecule has 5 nitrogen and oxygen atoms in total. The van der Waals surface area contributed by atoms with Gasteiger partial charge in [0.25, 0.3) is 0 Å². The summed E-state index contributed by atoms with van der Waals surface area (Å²) >= 11 is 0. The predicted octanol–water partition coefficient (Wildman–Crippen LogP) is 1.80. The number of nitrogens with zero attached hydrogens (tertiary/aromatic N) is 4. The van der Waals surface area contributed by atoms with Gasteiger partial charge in [-0.1, -0.05) is 0 Å². The molecule has 0 unspecified atom stereocenters. The summed E-state index contributed by atoms with van der Waals surface area (Å²) in [4.78, 5) is 0. The zero-order valence-corrected chi connectivity index (χ0v) is 12.2. The van der Waals surface area contributed by atoms with Gasteiger partial charge in [0.2, 0.25) is 5.95 Å². The number of aromatic nitrogens is 4. The molecule has 0 bridgehead atoms. The molecule has 2 rings (SSSR count). The average molecular weight is 288 g/mol. The first-order chi connectivity index (χ1) is 8.63. The molecule has 0 spiro atoms. The van der Waals surface area contributed by atoms with Crippen molar-refractivity contribution < 1.29 is 4.39 Å². The van der Waals surface area contributed by atoms with E-state index in [9.17, 15) is 4.39 Å². The summed E-state index contributed by atoms with van der Waals surface area (Å²) < 4.78 is 16.9. The molecule has 1 N–H and O–H groups in total. The van der Waals surface area contributed by atoms with Crippen LogP contribution in [0.15, 0.2) is 12.4 Å². The van der Waals surface area contributed by atoms with E-state index in [4.69, 9.17) is 0 Å². The smallest absolute Gasteiger partial charge is 0.215 e. The van der Waals surface area contributed by atoms with E-state index in [2.05, 4.69) is 15.5 Å². The van der Waals surface area contributed by atoms with Gasteiger partial charge in [0.05, 0.1) is 12.4 Å². The lowest BCUT2D eigenvalue weighted by molar-refractivity contribution is 0.460. The van der Waals surface area contributed by atoms with Gasteiger partial charge in [0.15, 0.2) is 0 Å². The van der Waals surface area contributed by atoms with Gasteiger partial charge >= 0.3 is 0 Å². The van der Waals surface area contributed by atoms with Crippen LogP contribution >= 0.6 is 12.4 Å². The lowest BCUT2D eigenvalue weighted by Gasteiger charge is -2.03. The van der Waals surface area contributed by atoms with Crippen molar-refractivity contribution in [2.45, 2.75) is 33.5 Å². The van der Waals surface area contributed by atoms with E-state index in [1.807, 2.05) is 31.8 Å². The van der Waals surface area contributed by atoms with Gasteiger partial charge in [-0.15, -0.1) is 12.4 Å². The van der Waals surface area contributed by atoms with E-state index in [0.717, 1.165) is 11.3 Å². The van der Waals surface area contributed by atoms with E-state index < -0.39 is 0 Å². The molecule has 0 radical (unpaired) electrons. The number of halogens is 2. The van der Waals surface area contributed by atoms with Crippen LogP contribution in [0.25, 0.3) is 0 Å². The van der Waals surface area contributed by atoms with Crippen molar-refractivity contribution in [2.24, 2.45) is 7.05 Å². The Balaban J connectivity index is 0.00000180. The molecule has 0 atom stereocenters. The van der Waals surface area contributed by atoms with Crippen LogP contribution in [-0.4, -0.2) is 19.6 Å². The number of aryl methyl sites for hydroxylation is 2. The highest BCUT2D eigenvalue weighted by atomic mass is 35.5. The van der Waals surface area contributed by atoms with Crippen LogP contribution < -0.4 is 5.32 Å². The summed E-state index contributed by atoms with van der Waals surface area (Å²) in [6.07, 6.45) is 3.40. The molecule has 19 heavy (non-hydrogen) atoms. The standard InChI is InChI=1S/C12H18FN5.ClH/c1-4-18-12(13)11(8-16-18)6-14-5-10-7-15-17(3)9(10)2;/h7-8,14H,4-6H2,1-3H3;1H. The molecule has 0 aliphatic carbocycles. The van der Waals surface area contributed by atoms with Crippen molar-refractivity contribution in [2.75, 3.05) is 0 Å². The third kappa shape index (κ3) is 3.33. The van der Waals surface area contributed by atoms with E-state index in [-0.39, 0.29) is 18.4 Å². The molecular formula is C12H19ClFN5. The molecule has 2 heterocycles. The fourth-order valence-electron chi connectivity index (χ4n) is 1.80. The Hall–Kier alpha value is -1.40. The van der Waals surface area contributed by atoms with Crippen LogP contribution in [0.1, 0.15) is 23.7 Å². The molecular weight excluding hydrogens is 269 g/mol.